The molecule has 5 rings (SSSR count). The van der Waals surface area contributed by atoms with Crippen LogP contribution < -0.4 is 10.6 Å². The molecule has 0 saturated heterocycles. The van der Waals surface area contributed by atoms with Gasteiger partial charge in [-0.3, -0.25) is 0 Å². The van der Waals surface area contributed by atoms with Gasteiger partial charge in [0.1, 0.15) is 0 Å². The Balaban J connectivity index is 1.54. The SMILES string of the molecule is C[C@H](C1=C(P(C2CCCCC2)C2CCCCC2)CC=C1)P(c1ccccc1)c1ccccc1. The van der Waals surface area contributed by atoms with Gasteiger partial charge in [-0.25, -0.2) is 0 Å². The second kappa shape index (κ2) is 11.5. The molecule has 2 aromatic carbocycles. The Morgan fingerprint density at radius 2 is 1.15 bits per heavy atom. The standard InChI is InChI=1S/C31H40P2/c1-25(32(26-15-6-2-7-16-26)27-17-8-3-9-18-27)30-23-14-24-31(30)33(28-19-10-4-11-20-28)29-21-12-5-13-22-29/h2-3,6-9,14-18,23,25,28-29H,4-5,10-13,19-22,24H2,1H3/t25-/m1/s1. The molecule has 1 atom stereocenters. The van der Waals surface area contributed by atoms with E-state index in [4.69, 9.17) is 0 Å². The highest BCUT2D eigenvalue weighted by molar-refractivity contribution is 7.74. The van der Waals surface area contributed by atoms with Crippen LogP contribution in [0.3, 0.4) is 0 Å². The summed E-state index contributed by atoms with van der Waals surface area (Å²) in [5.74, 6) is 0. The predicted molar refractivity (Wildman–Crippen MR) is 150 cm³/mol. The normalized spacial score (nSPS) is 21.3. The maximum Gasteiger partial charge on any atom is 0.00968 e. The van der Waals surface area contributed by atoms with Crippen LogP contribution in [0.5, 0.6) is 0 Å². The molecule has 0 bridgehead atoms. The molecule has 0 nitrogen and oxygen atoms in total. The van der Waals surface area contributed by atoms with Gasteiger partial charge in [0, 0.05) is 5.66 Å². The van der Waals surface area contributed by atoms with E-state index in [1.54, 1.807) is 5.57 Å². The van der Waals surface area contributed by atoms with Crippen LogP contribution in [0.1, 0.15) is 77.6 Å². The molecule has 0 amide bonds. The molecule has 0 spiro atoms. The minimum absolute atomic E-state index is 0.00495. The summed E-state index contributed by atoms with van der Waals surface area (Å²) < 4.78 is 0. The summed E-state index contributed by atoms with van der Waals surface area (Å²) in [6.45, 7) is 2.55. The molecule has 33 heavy (non-hydrogen) atoms. The fourth-order valence-corrected chi connectivity index (χ4v) is 13.5. The Morgan fingerprint density at radius 1 is 0.667 bits per heavy atom. The van der Waals surface area contributed by atoms with Crippen molar-refractivity contribution in [1.82, 2.24) is 0 Å². The molecule has 0 heterocycles. The van der Waals surface area contributed by atoms with Crippen LogP contribution in [-0.2, 0) is 0 Å². The monoisotopic (exact) mass is 474 g/mol. The molecule has 0 unspecified atom stereocenters. The van der Waals surface area contributed by atoms with E-state index in [1.807, 2.05) is 5.31 Å². The third-order valence-corrected chi connectivity index (χ3v) is 14.5. The van der Waals surface area contributed by atoms with Gasteiger partial charge in [-0.2, -0.15) is 0 Å². The molecule has 2 saturated carbocycles. The van der Waals surface area contributed by atoms with Crippen molar-refractivity contribution >= 4 is 26.5 Å². The quantitative estimate of drug-likeness (QED) is 0.352. The minimum Gasteiger partial charge on any atom is -0.0798 e. The van der Waals surface area contributed by atoms with Crippen LogP contribution in [0.15, 0.2) is 83.7 Å². The summed E-state index contributed by atoms with van der Waals surface area (Å²) in [5, 5.41) is 4.96. The molecular formula is C31H40P2. The smallest absolute Gasteiger partial charge is 0.00968 e. The van der Waals surface area contributed by atoms with Crippen molar-refractivity contribution in [2.24, 2.45) is 0 Å². The number of allylic oxidation sites excluding steroid dienone is 4. The lowest BCUT2D eigenvalue weighted by molar-refractivity contribution is 0.485. The average molecular weight is 475 g/mol. The van der Waals surface area contributed by atoms with E-state index in [-0.39, 0.29) is 7.92 Å². The van der Waals surface area contributed by atoms with Crippen molar-refractivity contribution in [2.45, 2.75) is 94.5 Å². The maximum absolute atomic E-state index is 2.56. The zero-order valence-corrected chi connectivity index (χ0v) is 22.1. The summed E-state index contributed by atoms with van der Waals surface area (Å²) in [4.78, 5) is 0. The van der Waals surface area contributed by atoms with Crippen LogP contribution >= 0.6 is 15.8 Å². The molecule has 0 radical (unpaired) electrons. The Labute approximate surface area is 204 Å². The number of rotatable bonds is 7. The Kier molecular flexibility index (Phi) is 8.18. The van der Waals surface area contributed by atoms with Crippen LogP contribution in [0.25, 0.3) is 0 Å². The molecule has 174 valence electrons. The van der Waals surface area contributed by atoms with Gasteiger partial charge in [-0.1, -0.05) is 126 Å². The first kappa shape index (κ1) is 23.5. The largest absolute Gasteiger partial charge is 0.0798 e. The molecule has 3 aliphatic rings. The summed E-state index contributed by atoms with van der Waals surface area (Å²) in [6.07, 6.45) is 21.2. The summed E-state index contributed by atoms with van der Waals surface area (Å²) >= 11 is 0. The summed E-state index contributed by atoms with van der Waals surface area (Å²) in [5.41, 5.74) is 4.30. The van der Waals surface area contributed by atoms with Crippen LogP contribution in [0, 0.1) is 0 Å². The summed E-state index contributed by atoms with van der Waals surface area (Å²) in [6, 6.07) is 22.8. The first-order valence-corrected chi connectivity index (χ1v) is 16.3. The lowest BCUT2D eigenvalue weighted by Crippen LogP contribution is -2.24. The highest BCUT2D eigenvalue weighted by atomic mass is 31.1. The van der Waals surface area contributed by atoms with Crippen molar-refractivity contribution in [3.8, 4) is 0 Å². The lowest BCUT2D eigenvalue weighted by atomic mass is 9.99. The van der Waals surface area contributed by atoms with Gasteiger partial charge in [0.2, 0.25) is 0 Å². The predicted octanol–water partition coefficient (Wildman–Crippen LogP) is 8.87. The third kappa shape index (κ3) is 5.39. The highest BCUT2D eigenvalue weighted by Gasteiger charge is 2.37. The van der Waals surface area contributed by atoms with Gasteiger partial charge in [0.05, 0.1) is 0 Å². The van der Waals surface area contributed by atoms with E-state index in [1.165, 1.54) is 81.2 Å². The van der Waals surface area contributed by atoms with Gasteiger partial charge in [0.25, 0.3) is 0 Å². The molecule has 0 aromatic heterocycles. The average Bonchev–Trinajstić information content (AvgIpc) is 3.36. The summed E-state index contributed by atoms with van der Waals surface area (Å²) in [7, 11) is -0.413. The maximum atomic E-state index is 2.56. The fraction of sp³-hybridized carbons (Fsp3) is 0.484. The Morgan fingerprint density at radius 3 is 1.64 bits per heavy atom. The second-order valence-corrected chi connectivity index (χ2v) is 15.6. The molecular weight excluding hydrogens is 434 g/mol. The van der Waals surface area contributed by atoms with Crippen LogP contribution in [-0.4, -0.2) is 17.0 Å². The topological polar surface area (TPSA) is 0 Å². The first-order valence-electron chi connectivity index (χ1n) is 13.4. The number of benzene rings is 2. The van der Waals surface area contributed by atoms with Crippen LogP contribution in [0.2, 0.25) is 0 Å². The third-order valence-electron chi connectivity index (χ3n) is 8.10. The Bertz CT molecular complexity index is 876. The Hall–Kier alpha value is -1.22. The van der Waals surface area contributed by atoms with Gasteiger partial charge in [-0.05, 0) is 72.8 Å². The van der Waals surface area contributed by atoms with Crippen molar-refractivity contribution in [3.63, 3.8) is 0 Å². The molecule has 0 N–H and O–H groups in total. The van der Waals surface area contributed by atoms with E-state index in [9.17, 15) is 0 Å². The molecule has 0 aliphatic heterocycles. The van der Waals surface area contributed by atoms with Gasteiger partial charge < -0.3 is 0 Å². The van der Waals surface area contributed by atoms with Crippen molar-refractivity contribution < 1.29 is 0 Å². The van der Waals surface area contributed by atoms with Gasteiger partial charge >= 0.3 is 0 Å². The molecule has 3 aliphatic carbocycles. The van der Waals surface area contributed by atoms with E-state index >= 15 is 0 Å². The minimum atomic E-state index is -0.408. The van der Waals surface area contributed by atoms with Crippen molar-refractivity contribution in [1.29, 1.82) is 0 Å². The zero-order valence-electron chi connectivity index (χ0n) is 20.3. The molecule has 2 fully saturated rings. The fourth-order valence-electron chi connectivity index (χ4n) is 6.52. The van der Waals surface area contributed by atoms with E-state index in [0.717, 1.165) is 11.3 Å². The highest BCUT2D eigenvalue weighted by Crippen LogP contribution is 2.65. The molecule has 2 aromatic rings. The lowest BCUT2D eigenvalue weighted by Gasteiger charge is -2.41. The van der Waals surface area contributed by atoms with E-state index in [0.29, 0.717) is 5.66 Å². The first-order chi connectivity index (χ1) is 16.3. The van der Waals surface area contributed by atoms with Gasteiger partial charge in [-0.15, -0.1) is 0 Å². The number of hydrogen-bond acceptors (Lipinski definition) is 0. The second-order valence-electron chi connectivity index (χ2n) is 10.2. The molecule has 2 heteroatoms. The van der Waals surface area contributed by atoms with E-state index < -0.39 is 7.92 Å². The zero-order chi connectivity index (χ0) is 22.5. The number of hydrogen-bond donors (Lipinski definition) is 0. The van der Waals surface area contributed by atoms with Crippen molar-refractivity contribution in [2.75, 3.05) is 0 Å². The van der Waals surface area contributed by atoms with Crippen LogP contribution in [0.4, 0.5) is 0 Å². The van der Waals surface area contributed by atoms with Crippen molar-refractivity contribution in [3.05, 3.63) is 83.7 Å². The van der Waals surface area contributed by atoms with Gasteiger partial charge in [0.15, 0.2) is 0 Å². The van der Waals surface area contributed by atoms with E-state index in [2.05, 4.69) is 79.7 Å².